The summed E-state index contributed by atoms with van der Waals surface area (Å²) in [5, 5.41) is 18.5. The summed E-state index contributed by atoms with van der Waals surface area (Å²) in [4.78, 5) is 28.1. The molecule has 0 fully saturated rings. The third-order valence-electron chi connectivity index (χ3n) is 4.94. The molecule has 0 unspecified atom stereocenters. The highest BCUT2D eigenvalue weighted by Gasteiger charge is 2.21. The van der Waals surface area contributed by atoms with E-state index in [2.05, 4.69) is 41.4 Å². The van der Waals surface area contributed by atoms with Crippen molar-refractivity contribution in [3.8, 4) is 11.6 Å². The molecule has 2 aromatic heterocycles. The van der Waals surface area contributed by atoms with Crippen molar-refractivity contribution in [3.05, 3.63) is 93.7 Å². The van der Waals surface area contributed by atoms with Crippen LogP contribution >= 0.6 is 0 Å². The van der Waals surface area contributed by atoms with E-state index in [1.54, 1.807) is 12.1 Å². The maximum atomic E-state index is 13.1. The number of benzene rings is 2. The molecule has 0 aliphatic carbocycles. The molecule has 4 rings (SSSR count). The Morgan fingerprint density at radius 2 is 1.94 bits per heavy atom. The van der Waals surface area contributed by atoms with E-state index in [1.165, 1.54) is 36.1 Å². The normalized spacial score (nSPS) is 11.0. The molecule has 0 radical (unpaired) electrons. The van der Waals surface area contributed by atoms with Gasteiger partial charge in [-0.15, -0.1) is 5.10 Å². The van der Waals surface area contributed by atoms with Gasteiger partial charge in [0.2, 0.25) is 11.8 Å². The molecule has 0 bridgehead atoms. The van der Waals surface area contributed by atoms with E-state index in [-0.39, 0.29) is 23.0 Å². The van der Waals surface area contributed by atoms with Crippen LogP contribution in [-0.4, -0.2) is 25.6 Å². The van der Waals surface area contributed by atoms with Gasteiger partial charge in [-0.2, -0.15) is 9.67 Å². The van der Waals surface area contributed by atoms with Gasteiger partial charge in [0, 0.05) is 24.2 Å². The average molecular weight is 431 g/mol. The molecule has 0 saturated carbocycles. The number of carbonyl (C=O) groups is 1. The van der Waals surface area contributed by atoms with E-state index in [9.17, 15) is 14.9 Å². The molecule has 0 aliphatic heterocycles. The summed E-state index contributed by atoms with van der Waals surface area (Å²) in [7, 11) is 0. The van der Waals surface area contributed by atoms with E-state index in [4.69, 9.17) is 4.42 Å². The molecular formula is C23H21N5O4. The second-order valence-electron chi connectivity index (χ2n) is 7.51. The first kappa shape index (κ1) is 21.0. The van der Waals surface area contributed by atoms with Crippen LogP contribution in [0.4, 0.5) is 11.6 Å². The SMILES string of the molecule is CC(C)c1ccc(CNc2nc(-c3ccco3)nn2C(=O)c2cccc([N+](=O)[O-])c2)cc1. The number of nitro benzene ring substituents is 1. The van der Waals surface area contributed by atoms with Crippen LogP contribution in [-0.2, 0) is 6.54 Å². The predicted molar refractivity (Wildman–Crippen MR) is 118 cm³/mol. The highest BCUT2D eigenvalue weighted by atomic mass is 16.6. The summed E-state index contributed by atoms with van der Waals surface area (Å²) in [6.07, 6.45) is 1.49. The van der Waals surface area contributed by atoms with Gasteiger partial charge < -0.3 is 9.73 Å². The van der Waals surface area contributed by atoms with Gasteiger partial charge in [-0.3, -0.25) is 14.9 Å². The van der Waals surface area contributed by atoms with Crippen LogP contribution in [0.15, 0.2) is 71.3 Å². The largest absolute Gasteiger partial charge is 0.461 e. The van der Waals surface area contributed by atoms with Crippen molar-refractivity contribution >= 4 is 17.5 Å². The molecule has 2 heterocycles. The molecule has 1 N–H and O–H groups in total. The van der Waals surface area contributed by atoms with Gasteiger partial charge in [0.05, 0.1) is 11.2 Å². The van der Waals surface area contributed by atoms with Crippen LogP contribution in [0.5, 0.6) is 0 Å². The van der Waals surface area contributed by atoms with Crippen molar-refractivity contribution in [2.75, 3.05) is 5.32 Å². The Labute approximate surface area is 183 Å². The van der Waals surface area contributed by atoms with Crippen molar-refractivity contribution in [1.82, 2.24) is 14.8 Å². The number of aromatic nitrogens is 3. The smallest absolute Gasteiger partial charge is 0.281 e. The number of hydrogen-bond acceptors (Lipinski definition) is 7. The Kier molecular flexibility index (Phi) is 5.80. The summed E-state index contributed by atoms with van der Waals surface area (Å²) in [5.41, 5.74) is 2.19. The summed E-state index contributed by atoms with van der Waals surface area (Å²) < 4.78 is 6.45. The monoisotopic (exact) mass is 431 g/mol. The number of furan rings is 1. The lowest BCUT2D eigenvalue weighted by Crippen LogP contribution is -2.17. The average Bonchev–Trinajstić information content (AvgIpc) is 3.47. The molecule has 162 valence electrons. The van der Waals surface area contributed by atoms with E-state index in [0.717, 1.165) is 10.2 Å². The lowest BCUT2D eigenvalue weighted by molar-refractivity contribution is -0.384. The van der Waals surface area contributed by atoms with Crippen LogP contribution in [0.1, 0.15) is 41.3 Å². The maximum Gasteiger partial charge on any atom is 0.281 e. The number of nitrogens with one attached hydrogen (secondary N) is 1. The van der Waals surface area contributed by atoms with Crippen molar-refractivity contribution in [1.29, 1.82) is 0 Å². The third kappa shape index (κ3) is 4.41. The second-order valence-corrected chi connectivity index (χ2v) is 7.51. The number of nitro groups is 1. The Morgan fingerprint density at radius 1 is 1.16 bits per heavy atom. The summed E-state index contributed by atoms with van der Waals surface area (Å²) >= 11 is 0. The Morgan fingerprint density at radius 3 is 2.59 bits per heavy atom. The van der Waals surface area contributed by atoms with Gasteiger partial charge in [-0.25, -0.2) is 0 Å². The molecule has 32 heavy (non-hydrogen) atoms. The quantitative estimate of drug-likeness (QED) is 0.328. The highest BCUT2D eigenvalue weighted by Crippen LogP contribution is 2.22. The first-order valence-corrected chi connectivity index (χ1v) is 10.0. The van der Waals surface area contributed by atoms with Crippen molar-refractivity contribution in [3.63, 3.8) is 0 Å². The minimum Gasteiger partial charge on any atom is -0.461 e. The van der Waals surface area contributed by atoms with Gasteiger partial charge in [0.15, 0.2) is 5.76 Å². The van der Waals surface area contributed by atoms with Crippen LogP contribution in [0.2, 0.25) is 0 Å². The first-order valence-electron chi connectivity index (χ1n) is 10.0. The van der Waals surface area contributed by atoms with Gasteiger partial charge in [0.1, 0.15) is 0 Å². The summed E-state index contributed by atoms with van der Waals surface area (Å²) in [5.74, 6) is 0.729. The fourth-order valence-electron chi connectivity index (χ4n) is 3.15. The minimum absolute atomic E-state index is 0.124. The lowest BCUT2D eigenvalue weighted by atomic mass is 10.0. The van der Waals surface area contributed by atoms with Crippen molar-refractivity contribution < 1.29 is 14.1 Å². The van der Waals surface area contributed by atoms with Gasteiger partial charge in [-0.1, -0.05) is 44.2 Å². The molecule has 0 spiro atoms. The zero-order chi connectivity index (χ0) is 22.7. The molecule has 4 aromatic rings. The zero-order valence-corrected chi connectivity index (χ0v) is 17.6. The van der Waals surface area contributed by atoms with Crippen LogP contribution in [0.3, 0.4) is 0 Å². The molecular weight excluding hydrogens is 410 g/mol. The Hall–Kier alpha value is -4.27. The molecule has 0 amide bonds. The summed E-state index contributed by atoms with van der Waals surface area (Å²) in [6, 6.07) is 17.0. The number of hydrogen-bond donors (Lipinski definition) is 1. The fraction of sp³-hybridized carbons (Fsp3) is 0.174. The fourth-order valence-corrected chi connectivity index (χ4v) is 3.15. The summed E-state index contributed by atoms with van der Waals surface area (Å²) in [6.45, 7) is 4.67. The van der Waals surface area contributed by atoms with Crippen molar-refractivity contribution in [2.45, 2.75) is 26.3 Å². The third-order valence-corrected chi connectivity index (χ3v) is 4.94. The molecule has 9 nitrogen and oxygen atoms in total. The standard InChI is InChI=1S/C23H21N5O4/c1-15(2)17-10-8-16(9-11-17)14-24-23-25-21(20-7-4-12-32-20)26-27(23)22(29)18-5-3-6-19(13-18)28(30)31/h3-13,15H,14H2,1-2H3,(H,24,25,26). The van der Waals surface area contributed by atoms with Gasteiger partial charge >= 0.3 is 0 Å². The maximum absolute atomic E-state index is 13.1. The topological polar surface area (TPSA) is 116 Å². The van der Waals surface area contributed by atoms with Crippen LogP contribution in [0.25, 0.3) is 11.6 Å². The van der Waals surface area contributed by atoms with Gasteiger partial charge in [0.25, 0.3) is 11.6 Å². The van der Waals surface area contributed by atoms with E-state index < -0.39 is 10.8 Å². The zero-order valence-electron chi connectivity index (χ0n) is 17.6. The van der Waals surface area contributed by atoms with E-state index >= 15 is 0 Å². The number of anilines is 1. The molecule has 0 aliphatic rings. The molecule has 0 atom stereocenters. The van der Waals surface area contributed by atoms with Crippen molar-refractivity contribution in [2.24, 2.45) is 0 Å². The number of rotatable bonds is 7. The predicted octanol–water partition coefficient (Wildman–Crippen LogP) is 4.87. The van der Waals surface area contributed by atoms with Gasteiger partial charge in [-0.05, 0) is 35.2 Å². The molecule has 9 heteroatoms. The Balaban J connectivity index is 1.64. The van der Waals surface area contributed by atoms with Crippen LogP contribution < -0.4 is 5.32 Å². The number of carbonyl (C=O) groups excluding carboxylic acids is 1. The highest BCUT2D eigenvalue weighted by molar-refractivity contribution is 5.97. The second kappa shape index (κ2) is 8.84. The molecule has 2 aromatic carbocycles. The van der Waals surface area contributed by atoms with Crippen LogP contribution in [0, 0.1) is 10.1 Å². The number of non-ortho nitro benzene ring substituents is 1. The Bertz CT molecular complexity index is 1240. The lowest BCUT2D eigenvalue weighted by Gasteiger charge is -2.09. The van der Waals surface area contributed by atoms with E-state index in [1.807, 2.05) is 12.1 Å². The number of nitrogens with zero attached hydrogens (tertiary/aromatic N) is 4. The minimum atomic E-state index is -0.549. The van der Waals surface area contributed by atoms with E-state index in [0.29, 0.717) is 18.2 Å². The molecule has 0 saturated heterocycles. The first-order chi connectivity index (χ1) is 15.4.